The molecule has 0 aliphatic heterocycles. The van der Waals surface area contributed by atoms with Gasteiger partial charge in [-0.25, -0.2) is 9.78 Å². The summed E-state index contributed by atoms with van der Waals surface area (Å²) in [4.78, 5) is 16.8. The van der Waals surface area contributed by atoms with Crippen molar-refractivity contribution in [1.82, 2.24) is 4.98 Å². The van der Waals surface area contributed by atoms with Gasteiger partial charge >= 0.3 is 6.09 Å². The number of para-hydroxylation sites is 1. The molecule has 4 rings (SSSR count). The number of hydrogen-bond donors (Lipinski definition) is 1. The van der Waals surface area contributed by atoms with Crippen LogP contribution in [0.25, 0.3) is 21.8 Å². The van der Waals surface area contributed by atoms with Crippen LogP contribution in [0.1, 0.15) is 0 Å². The van der Waals surface area contributed by atoms with Crippen molar-refractivity contribution in [2.75, 3.05) is 5.32 Å². The van der Waals surface area contributed by atoms with Crippen LogP contribution in [0.3, 0.4) is 0 Å². The first kappa shape index (κ1) is 18.2. The maximum absolute atomic E-state index is 12.1. The molecule has 0 spiro atoms. The minimum absolute atomic E-state index is 0.486. The molecular weight excluding hydrogens is 392 g/mol. The van der Waals surface area contributed by atoms with Crippen molar-refractivity contribution in [3.05, 3.63) is 89.3 Å². The second kappa shape index (κ2) is 8.25. The highest BCUT2D eigenvalue weighted by Gasteiger charge is 2.11. The number of aromatic nitrogens is 1. The number of amides is 1. The Hall–Kier alpha value is -3.15. The Morgan fingerprint density at radius 1 is 0.964 bits per heavy atom. The molecule has 1 N–H and O–H groups in total. The molecule has 0 saturated carbocycles. The molecule has 1 heterocycles. The van der Waals surface area contributed by atoms with Crippen LogP contribution in [0.4, 0.5) is 10.5 Å². The summed E-state index contributed by atoms with van der Waals surface area (Å²) in [6.45, 7) is 0. The topological polar surface area (TPSA) is 51.2 Å². The second-order valence-electron chi connectivity index (χ2n) is 5.93. The average Bonchev–Trinajstić information content (AvgIpc) is 3.19. The van der Waals surface area contributed by atoms with Crippen molar-refractivity contribution in [2.24, 2.45) is 0 Å². The van der Waals surface area contributed by atoms with E-state index in [1.165, 1.54) is 11.3 Å². The van der Waals surface area contributed by atoms with Crippen LogP contribution in [0, 0.1) is 0 Å². The highest BCUT2D eigenvalue weighted by Crippen LogP contribution is 2.33. The molecule has 138 valence electrons. The van der Waals surface area contributed by atoms with E-state index < -0.39 is 6.09 Å². The van der Waals surface area contributed by atoms with Crippen molar-refractivity contribution in [2.45, 2.75) is 0 Å². The molecule has 0 atom stereocenters. The number of thiazole rings is 1. The molecule has 28 heavy (non-hydrogen) atoms. The number of nitrogens with one attached hydrogen (secondary N) is 1. The van der Waals surface area contributed by atoms with Crippen LogP contribution < -0.4 is 10.1 Å². The van der Waals surface area contributed by atoms with Crippen LogP contribution in [0.2, 0.25) is 5.02 Å². The summed E-state index contributed by atoms with van der Waals surface area (Å²) >= 11 is 7.79. The first-order valence-electron chi connectivity index (χ1n) is 8.54. The number of hydrogen-bond acceptors (Lipinski definition) is 4. The number of rotatable bonds is 4. The molecular formula is C22H15ClN2O2S. The largest absolute Gasteiger partial charge is 0.417 e. The summed E-state index contributed by atoms with van der Waals surface area (Å²) in [5.41, 5.74) is 3.25. The van der Waals surface area contributed by atoms with Gasteiger partial charge in [-0.3, -0.25) is 5.32 Å². The maximum atomic E-state index is 12.1. The van der Waals surface area contributed by atoms with Crippen molar-refractivity contribution in [1.29, 1.82) is 0 Å². The van der Waals surface area contributed by atoms with E-state index in [0.29, 0.717) is 16.5 Å². The number of nitrogens with zero attached hydrogens (tertiary/aromatic N) is 1. The van der Waals surface area contributed by atoms with E-state index in [-0.39, 0.29) is 0 Å². The number of benzene rings is 3. The van der Waals surface area contributed by atoms with E-state index in [1.54, 1.807) is 18.2 Å². The first-order chi connectivity index (χ1) is 13.7. The van der Waals surface area contributed by atoms with E-state index in [0.717, 1.165) is 21.8 Å². The fraction of sp³-hybridized carbons (Fsp3) is 0. The minimum Gasteiger partial charge on any atom is -0.410 e. The van der Waals surface area contributed by atoms with Gasteiger partial charge in [0.1, 0.15) is 10.8 Å². The molecule has 0 bridgehead atoms. The van der Waals surface area contributed by atoms with E-state index in [1.807, 2.05) is 66.0 Å². The number of anilines is 1. The quantitative estimate of drug-likeness (QED) is 0.408. The molecule has 0 saturated heterocycles. The van der Waals surface area contributed by atoms with E-state index in [4.69, 9.17) is 16.3 Å². The van der Waals surface area contributed by atoms with Crippen LogP contribution in [0.15, 0.2) is 84.2 Å². The Balaban J connectivity index is 1.51. The zero-order chi connectivity index (χ0) is 19.3. The summed E-state index contributed by atoms with van der Waals surface area (Å²) in [7, 11) is 0. The number of carbonyl (C=O) groups excluding carboxylic acids is 1. The summed E-state index contributed by atoms with van der Waals surface area (Å²) in [6.07, 6.45) is -0.543. The van der Waals surface area contributed by atoms with Crippen LogP contribution in [0.5, 0.6) is 5.75 Å². The van der Waals surface area contributed by atoms with Gasteiger partial charge < -0.3 is 4.74 Å². The molecule has 3 aromatic carbocycles. The van der Waals surface area contributed by atoms with Gasteiger partial charge in [0.2, 0.25) is 0 Å². The SMILES string of the molecule is O=C(Nc1cccc(-c2csc(-c3ccccc3Cl)n2)c1)Oc1ccccc1. The van der Waals surface area contributed by atoms with Crippen LogP contribution in [-0.4, -0.2) is 11.1 Å². The fourth-order valence-electron chi connectivity index (χ4n) is 2.66. The van der Waals surface area contributed by atoms with Gasteiger partial charge in [-0.1, -0.05) is 60.1 Å². The molecule has 1 aromatic heterocycles. The lowest BCUT2D eigenvalue weighted by Gasteiger charge is -2.07. The monoisotopic (exact) mass is 406 g/mol. The van der Waals surface area contributed by atoms with Crippen molar-refractivity contribution < 1.29 is 9.53 Å². The second-order valence-corrected chi connectivity index (χ2v) is 7.19. The Morgan fingerprint density at radius 2 is 1.75 bits per heavy atom. The lowest BCUT2D eigenvalue weighted by Crippen LogP contribution is -2.16. The Morgan fingerprint density at radius 3 is 2.57 bits per heavy atom. The first-order valence-corrected chi connectivity index (χ1v) is 9.79. The van der Waals surface area contributed by atoms with Gasteiger partial charge in [-0.2, -0.15) is 0 Å². The Labute approximate surface area is 171 Å². The number of halogens is 1. The van der Waals surface area contributed by atoms with E-state index in [9.17, 15) is 4.79 Å². The Kier molecular flexibility index (Phi) is 5.37. The van der Waals surface area contributed by atoms with Gasteiger partial charge in [0.25, 0.3) is 0 Å². The number of carbonyl (C=O) groups is 1. The third-order valence-electron chi connectivity index (χ3n) is 3.97. The zero-order valence-corrected chi connectivity index (χ0v) is 16.2. The van der Waals surface area contributed by atoms with E-state index in [2.05, 4.69) is 10.3 Å². The third kappa shape index (κ3) is 4.22. The van der Waals surface area contributed by atoms with Crippen molar-refractivity contribution >= 4 is 34.7 Å². The summed E-state index contributed by atoms with van der Waals surface area (Å²) in [5.74, 6) is 0.486. The highest BCUT2D eigenvalue weighted by molar-refractivity contribution is 7.13. The average molecular weight is 407 g/mol. The summed E-state index contributed by atoms with van der Waals surface area (Å²) in [5, 5.41) is 6.23. The highest BCUT2D eigenvalue weighted by atomic mass is 35.5. The molecule has 4 aromatic rings. The molecule has 0 radical (unpaired) electrons. The smallest absolute Gasteiger partial charge is 0.410 e. The van der Waals surface area contributed by atoms with Crippen molar-refractivity contribution in [3.63, 3.8) is 0 Å². The molecule has 0 aliphatic rings. The predicted molar refractivity (Wildman–Crippen MR) is 114 cm³/mol. The summed E-state index contributed by atoms with van der Waals surface area (Å²) in [6, 6.07) is 24.0. The van der Waals surface area contributed by atoms with Crippen LogP contribution in [-0.2, 0) is 0 Å². The minimum atomic E-state index is -0.543. The van der Waals surface area contributed by atoms with Gasteiger partial charge in [-0.15, -0.1) is 11.3 Å². The molecule has 0 fully saturated rings. The van der Waals surface area contributed by atoms with Gasteiger partial charge in [-0.05, 0) is 30.3 Å². The van der Waals surface area contributed by atoms with Crippen molar-refractivity contribution in [3.8, 4) is 27.6 Å². The van der Waals surface area contributed by atoms with E-state index >= 15 is 0 Å². The lowest BCUT2D eigenvalue weighted by atomic mass is 10.1. The standard InChI is InChI=1S/C22H15ClN2O2S/c23-19-12-5-4-11-18(19)21-25-20(14-28-21)15-7-6-8-16(13-15)24-22(26)27-17-9-2-1-3-10-17/h1-14H,(H,24,26). The van der Waals surface area contributed by atoms with Gasteiger partial charge in [0.05, 0.1) is 10.7 Å². The fourth-order valence-corrected chi connectivity index (χ4v) is 3.81. The molecule has 4 nitrogen and oxygen atoms in total. The maximum Gasteiger partial charge on any atom is 0.417 e. The van der Waals surface area contributed by atoms with Gasteiger partial charge in [0, 0.05) is 22.2 Å². The summed E-state index contributed by atoms with van der Waals surface area (Å²) < 4.78 is 5.26. The third-order valence-corrected chi connectivity index (χ3v) is 5.17. The number of ether oxygens (including phenoxy) is 1. The predicted octanol–water partition coefficient (Wildman–Crippen LogP) is 6.74. The zero-order valence-electron chi connectivity index (χ0n) is 14.6. The Bertz CT molecular complexity index is 1110. The molecule has 1 amide bonds. The van der Waals surface area contributed by atoms with Gasteiger partial charge in [0.15, 0.2) is 0 Å². The molecule has 0 unspecified atom stereocenters. The molecule has 0 aliphatic carbocycles. The lowest BCUT2D eigenvalue weighted by molar-refractivity contribution is 0.215. The molecule has 6 heteroatoms. The van der Waals surface area contributed by atoms with Crippen LogP contribution >= 0.6 is 22.9 Å². The normalized spacial score (nSPS) is 10.5.